The molecule has 0 saturated carbocycles. The molecule has 0 aliphatic rings. The summed E-state index contributed by atoms with van der Waals surface area (Å²) in [4.78, 5) is 0. The highest BCUT2D eigenvalue weighted by Crippen LogP contribution is 2.17. The summed E-state index contributed by atoms with van der Waals surface area (Å²) in [7, 11) is 0. The van der Waals surface area contributed by atoms with E-state index in [0.29, 0.717) is 5.92 Å². The fraction of sp³-hybridized carbons (Fsp3) is 0.333. The van der Waals surface area contributed by atoms with E-state index in [0.717, 1.165) is 5.56 Å². The van der Waals surface area contributed by atoms with Crippen molar-refractivity contribution in [3.63, 3.8) is 0 Å². The summed E-state index contributed by atoms with van der Waals surface area (Å²) in [6.45, 7) is 8.04. The zero-order valence-corrected chi connectivity index (χ0v) is 8.33. The van der Waals surface area contributed by atoms with E-state index in [1.807, 2.05) is 0 Å². The lowest BCUT2D eigenvalue weighted by molar-refractivity contribution is 0.858. The number of benzene rings is 1. The molecule has 0 bridgehead atoms. The molecule has 0 radical (unpaired) electrons. The quantitative estimate of drug-likeness (QED) is 0.702. The van der Waals surface area contributed by atoms with Gasteiger partial charge in [-0.15, -0.1) is 6.58 Å². The van der Waals surface area contributed by atoms with E-state index in [4.69, 9.17) is 5.73 Å². The fourth-order valence-corrected chi connectivity index (χ4v) is 1.24. The Balaban J connectivity index is 2.87. The largest absolute Gasteiger partial charge is 0.321 e. The standard InChI is InChI=1S/C12H17N/c1-4-12(13)11-7-5-10(6-8-11)9(2)3/h4-9,12H,1,13H2,2-3H3/t12-/m0/s1. The van der Waals surface area contributed by atoms with Crippen molar-refractivity contribution in [3.8, 4) is 0 Å². The molecule has 0 saturated heterocycles. The normalized spacial score (nSPS) is 12.9. The van der Waals surface area contributed by atoms with Gasteiger partial charge in [-0.2, -0.15) is 0 Å². The van der Waals surface area contributed by atoms with Gasteiger partial charge in [0.2, 0.25) is 0 Å². The van der Waals surface area contributed by atoms with E-state index in [1.54, 1.807) is 6.08 Å². The number of hydrogen-bond donors (Lipinski definition) is 1. The van der Waals surface area contributed by atoms with Gasteiger partial charge in [0.25, 0.3) is 0 Å². The molecule has 1 atom stereocenters. The van der Waals surface area contributed by atoms with Crippen LogP contribution in [0.3, 0.4) is 0 Å². The maximum absolute atomic E-state index is 5.80. The summed E-state index contributed by atoms with van der Waals surface area (Å²) < 4.78 is 0. The molecule has 0 aliphatic carbocycles. The molecule has 0 fully saturated rings. The van der Waals surface area contributed by atoms with Crippen molar-refractivity contribution >= 4 is 0 Å². The van der Waals surface area contributed by atoms with Gasteiger partial charge in [-0.3, -0.25) is 0 Å². The van der Waals surface area contributed by atoms with Gasteiger partial charge in [0.1, 0.15) is 0 Å². The SMILES string of the molecule is C=C[C@H](N)c1ccc(C(C)C)cc1. The maximum Gasteiger partial charge on any atom is 0.0478 e. The van der Waals surface area contributed by atoms with Gasteiger partial charge in [0.05, 0.1) is 0 Å². The van der Waals surface area contributed by atoms with Crippen molar-refractivity contribution in [1.29, 1.82) is 0 Å². The van der Waals surface area contributed by atoms with Crippen molar-refractivity contribution in [2.24, 2.45) is 5.73 Å². The molecule has 0 heterocycles. The van der Waals surface area contributed by atoms with Crippen LogP contribution < -0.4 is 5.73 Å². The first-order valence-corrected chi connectivity index (χ1v) is 4.63. The molecule has 1 heteroatoms. The maximum atomic E-state index is 5.80. The number of rotatable bonds is 3. The molecule has 1 rings (SSSR count). The minimum Gasteiger partial charge on any atom is -0.321 e. The van der Waals surface area contributed by atoms with Gasteiger partial charge in [-0.1, -0.05) is 44.2 Å². The molecule has 13 heavy (non-hydrogen) atoms. The highest BCUT2D eigenvalue weighted by atomic mass is 14.6. The van der Waals surface area contributed by atoms with Crippen LogP contribution in [0.15, 0.2) is 36.9 Å². The summed E-state index contributed by atoms with van der Waals surface area (Å²) in [6.07, 6.45) is 1.75. The first kappa shape index (κ1) is 10.0. The van der Waals surface area contributed by atoms with Crippen LogP contribution in [0.5, 0.6) is 0 Å². The van der Waals surface area contributed by atoms with E-state index in [-0.39, 0.29) is 6.04 Å². The average Bonchev–Trinajstić information content (AvgIpc) is 2.17. The van der Waals surface area contributed by atoms with Gasteiger partial charge in [0, 0.05) is 6.04 Å². The molecule has 0 spiro atoms. The molecule has 1 nitrogen and oxygen atoms in total. The Hall–Kier alpha value is -1.08. The van der Waals surface area contributed by atoms with Crippen LogP contribution in [0.2, 0.25) is 0 Å². The smallest absolute Gasteiger partial charge is 0.0478 e. The lowest BCUT2D eigenvalue weighted by Gasteiger charge is -2.09. The minimum absolute atomic E-state index is 0.0405. The molecule has 0 amide bonds. The summed E-state index contributed by atoms with van der Waals surface area (Å²) in [5.41, 5.74) is 8.27. The van der Waals surface area contributed by atoms with Gasteiger partial charge < -0.3 is 5.73 Å². The Kier molecular flexibility index (Phi) is 3.26. The van der Waals surface area contributed by atoms with Gasteiger partial charge in [-0.25, -0.2) is 0 Å². The molecular weight excluding hydrogens is 158 g/mol. The molecule has 0 aromatic heterocycles. The second-order valence-corrected chi connectivity index (χ2v) is 3.58. The number of hydrogen-bond acceptors (Lipinski definition) is 1. The van der Waals surface area contributed by atoms with Crippen LogP contribution in [-0.2, 0) is 0 Å². The molecule has 2 N–H and O–H groups in total. The third kappa shape index (κ3) is 2.43. The predicted octanol–water partition coefficient (Wildman–Crippen LogP) is 3.00. The van der Waals surface area contributed by atoms with E-state index < -0.39 is 0 Å². The first-order valence-electron chi connectivity index (χ1n) is 4.63. The second-order valence-electron chi connectivity index (χ2n) is 3.58. The predicted molar refractivity (Wildman–Crippen MR) is 57.7 cm³/mol. The Morgan fingerprint density at radius 2 is 1.62 bits per heavy atom. The van der Waals surface area contributed by atoms with Crippen molar-refractivity contribution in [1.82, 2.24) is 0 Å². The molecule has 1 aromatic carbocycles. The third-order valence-corrected chi connectivity index (χ3v) is 2.24. The van der Waals surface area contributed by atoms with Crippen LogP contribution >= 0.6 is 0 Å². The summed E-state index contributed by atoms with van der Waals surface area (Å²) in [5, 5.41) is 0. The Morgan fingerprint density at radius 3 is 2.00 bits per heavy atom. The Morgan fingerprint density at radius 1 is 1.15 bits per heavy atom. The summed E-state index contributed by atoms with van der Waals surface area (Å²) in [6, 6.07) is 8.36. The molecule has 0 aliphatic heterocycles. The molecule has 70 valence electrons. The van der Waals surface area contributed by atoms with Gasteiger partial charge >= 0.3 is 0 Å². The lowest BCUT2D eigenvalue weighted by atomic mass is 9.99. The van der Waals surface area contributed by atoms with E-state index in [1.165, 1.54) is 5.56 Å². The zero-order chi connectivity index (χ0) is 9.84. The van der Waals surface area contributed by atoms with E-state index >= 15 is 0 Å². The lowest BCUT2D eigenvalue weighted by Crippen LogP contribution is -2.06. The third-order valence-electron chi connectivity index (χ3n) is 2.24. The highest BCUT2D eigenvalue weighted by molar-refractivity contribution is 5.28. The first-order chi connectivity index (χ1) is 6.15. The highest BCUT2D eigenvalue weighted by Gasteiger charge is 2.02. The van der Waals surface area contributed by atoms with Gasteiger partial charge in [0.15, 0.2) is 0 Å². The average molecular weight is 175 g/mol. The fourth-order valence-electron chi connectivity index (χ4n) is 1.24. The molecular formula is C12H17N. The van der Waals surface area contributed by atoms with Crippen LogP contribution in [-0.4, -0.2) is 0 Å². The summed E-state index contributed by atoms with van der Waals surface area (Å²) in [5.74, 6) is 0.578. The van der Waals surface area contributed by atoms with Crippen molar-refractivity contribution in [2.45, 2.75) is 25.8 Å². The van der Waals surface area contributed by atoms with Crippen molar-refractivity contribution in [3.05, 3.63) is 48.0 Å². The Bertz CT molecular complexity index is 272. The van der Waals surface area contributed by atoms with Gasteiger partial charge in [-0.05, 0) is 17.0 Å². The zero-order valence-electron chi connectivity index (χ0n) is 8.33. The van der Waals surface area contributed by atoms with Crippen LogP contribution in [0.4, 0.5) is 0 Å². The Labute approximate surface area is 80.3 Å². The number of nitrogens with two attached hydrogens (primary N) is 1. The van der Waals surface area contributed by atoms with Crippen LogP contribution in [0, 0.1) is 0 Å². The molecule has 1 aromatic rings. The second kappa shape index (κ2) is 4.24. The van der Waals surface area contributed by atoms with Crippen molar-refractivity contribution < 1.29 is 0 Å². The topological polar surface area (TPSA) is 26.0 Å². The molecule has 0 unspecified atom stereocenters. The van der Waals surface area contributed by atoms with Crippen molar-refractivity contribution in [2.75, 3.05) is 0 Å². The van der Waals surface area contributed by atoms with Crippen LogP contribution in [0.25, 0.3) is 0 Å². The monoisotopic (exact) mass is 175 g/mol. The van der Waals surface area contributed by atoms with Crippen LogP contribution in [0.1, 0.15) is 36.9 Å². The van der Waals surface area contributed by atoms with E-state index in [2.05, 4.69) is 44.7 Å². The van der Waals surface area contributed by atoms with E-state index in [9.17, 15) is 0 Å². The minimum atomic E-state index is -0.0405. The summed E-state index contributed by atoms with van der Waals surface area (Å²) >= 11 is 0.